The summed E-state index contributed by atoms with van der Waals surface area (Å²) in [5, 5.41) is 4.78. The van der Waals surface area contributed by atoms with E-state index in [-0.39, 0.29) is 54.0 Å². The molecule has 3 aromatic carbocycles. The van der Waals surface area contributed by atoms with Crippen molar-refractivity contribution in [1.82, 2.24) is 10.0 Å². The molecule has 2 bridgehead atoms. The first-order valence-electron chi connectivity index (χ1n) is 17.6. The van der Waals surface area contributed by atoms with Crippen molar-refractivity contribution < 1.29 is 53.5 Å². The van der Waals surface area contributed by atoms with Crippen LogP contribution in [0, 0.1) is 30.5 Å². The third-order valence-electron chi connectivity index (χ3n) is 10.7. The van der Waals surface area contributed by atoms with Gasteiger partial charge in [0, 0.05) is 24.3 Å². The SMILES string of the molecule is COc1cc(F)c(O[C@H]2CC[C@H](S(=O)(=O)NCc3ccc(C)cc3)CC2)cc1C(=O)N[C@@H]1[C@@H]2CC[C@@H](C2)[C@@H]1C(=O)Nc1cccc(S(=O)(=O)C(F)(F)F)c1. The monoisotopic (exact) mass is 795 g/mol. The fraction of sp³-hybridized carbons (Fsp3) is 0.459. The van der Waals surface area contributed by atoms with Crippen LogP contribution >= 0.6 is 0 Å². The van der Waals surface area contributed by atoms with E-state index in [9.17, 15) is 39.6 Å². The topological polar surface area (TPSA) is 157 Å². The Balaban J connectivity index is 1.11. The van der Waals surface area contributed by atoms with Crippen molar-refractivity contribution >= 4 is 37.4 Å². The van der Waals surface area contributed by atoms with Gasteiger partial charge in [0.15, 0.2) is 11.6 Å². The molecule has 3 aliphatic rings. The van der Waals surface area contributed by atoms with Gasteiger partial charge in [-0.2, -0.15) is 13.2 Å². The van der Waals surface area contributed by atoms with Crippen LogP contribution in [0.3, 0.4) is 0 Å². The molecule has 0 spiro atoms. The lowest BCUT2D eigenvalue weighted by atomic mass is 9.83. The Morgan fingerprint density at radius 2 is 1.56 bits per heavy atom. The van der Waals surface area contributed by atoms with Gasteiger partial charge in [0.1, 0.15) is 5.75 Å². The Morgan fingerprint density at radius 1 is 0.870 bits per heavy atom. The quantitative estimate of drug-likeness (QED) is 0.188. The summed E-state index contributed by atoms with van der Waals surface area (Å²) in [7, 11) is -8.00. The smallest absolute Gasteiger partial charge is 0.496 e. The van der Waals surface area contributed by atoms with E-state index in [0.29, 0.717) is 32.1 Å². The van der Waals surface area contributed by atoms with Crippen molar-refractivity contribution in [2.45, 2.75) is 86.2 Å². The molecule has 3 aromatic rings. The number of rotatable bonds is 12. The highest BCUT2D eigenvalue weighted by Crippen LogP contribution is 2.49. The van der Waals surface area contributed by atoms with Crippen molar-refractivity contribution in [3.63, 3.8) is 0 Å². The van der Waals surface area contributed by atoms with E-state index < -0.39 is 71.2 Å². The third-order valence-corrected chi connectivity index (χ3v) is 14.1. The minimum atomic E-state index is -5.65. The van der Waals surface area contributed by atoms with Gasteiger partial charge in [0.25, 0.3) is 15.7 Å². The molecule has 292 valence electrons. The number of carbonyl (C=O) groups is 2. The second-order valence-corrected chi connectivity index (χ2v) is 18.2. The maximum atomic E-state index is 15.3. The number of alkyl halides is 3. The van der Waals surface area contributed by atoms with Crippen molar-refractivity contribution in [2.24, 2.45) is 17.8 Å². The van der Waals surface area contributed by atoms with Crippen LogP contribution in [0.4, 0.5) is 23.2 Å². The minimum absolute atomic E-state index is 0.0579. The summed E-state index contributed by atoms with van der Waals surface area (Å²) in [6, 6.07) is 13.0. The summed E-state index contributed by atoms with van der Waals surface area (Å²) in [5.74, 6) is -3.37. The summed E-state index contributed by atoms with van der Waals surface area (Å²) in [6.07, 6.45) is 2.72. The molecule has 2 amide bonds. The minimum Gasteiger partial charge on any atom is -0.496 e. The molecule has 0 saturated heterocycles. The van der Waals surface area contributed by atoms with Crippen LogP contribution < -0.4 is 24.8 Å². The number of fused-ring (bicyclic) bond motifs is 2. The summed E-state index contributed by atoms with van der Waals surface area (Å²) in [6.45, 7) is 2.11. The third kappa shape index (κ3) is 8.37. The second kappa shape index (κ2) is 15.5. The number of methoxy groups -OCH3 is 1. The number of hydrogen-bond acceptors (Lipinski definition) is 8. The zero-order valence-electron chi connectivity index (χ0n) is 29.5. The van der Waals surface area contributed by atoms with Gasteiger partial charge in [-0.15, -0.1) is 0 Å². The Labute approximate surface area is 311 Å². The van der Waals surface area contributed by atoms with Gasteiger partial charge in [-0.05, 0) is 93.5 Å². The Hall–Kier alpha value is -4.22. The average Bonchev–Trinajstić information content (AvgIpc) is 3.74. The number of aryl methyl sites for hydroxylation is 1. The molecule has 4 atom stereocenters. The van der Waals surface area contributed by atoms with Gasteiger partial charge in [0.2, 0.25) is 15.9 Å². The number of anilines is 1. The van der Waals surface area contributed by atoms with Gasteiger partial charge in [-0.3, -0.25) is 9.59 Å². The first-order valence-corrected chi connectivity index (χ1v) is 20.6. The van der Waals surface area contributed by atoms with Gasteiger partial charge in [-0.25, -0.2) is 25.9 Å². The van der Waals surface area contributed by atoms with E-state index in [4.69, 9.17) is 9.47 Å². The predicted octanol–water partition coefficient (Wildman–Crippen LogP) is 6.03. The van der Waals surface area contributed by atoms with Crippen LogP contribution in [-0.4, -0.2) is 58.7 Å². The number of nitrogens with one attached hydrogen (secondary N) is 3. The standard InChI is InChI=1S/C37H41F4N3O8S2/c1-21-6-8-22(9-7-21)20-42-54(49,50)27-14-12-26(13-15-27)52-32-18-29(31(51-2)19-30(32)38)35(45)44-34-24-11-10-23(16-24)33(34)36(46)43-25-4-3-5-28(17-25)53(47,48)37(39,40)41/h3-9,17-19,23-24,26-27,33-34,42H,10-16,20H2,1-2H3,(H,43,46)(H,44,45)/t23-,24+,26-,27-,33-,34+/m0/s1. The van der Waals surface area contributed by atoms with E-state index in [1.54, 1.807) is 0 Å². The molecule has 54 heavy (non-hydrogen) atoms. The molecule has 3 N–H and O–H groups in total. The predicted molar refractivity (Wildman–Crippen MR) is 190 cm³/mol. The molecular weight excluding hydrogens is 755 g/mol. The van der Waals surface area contributed by atoms with Crippen molar-refractivity contribution in [1.29, 1.82) is 0 Å². The van der Waals surface area contributed by atoms with Crippen LogP contribution in [-0.2, 0) is 31.2 Å². The largest absolute Gasteiger partial charge is 0.501 e. The number of amides is 2. The van der Waals surface area contributed by atoms with E-state index in [0.717, 1.165) is 35.4 Å². The first-order chi connectivity index (χ1) is 25.5. The molecule has 3 saturated carbocycles. The molecule has 0 aromatic heterocycles. The zero-order valence-corrected chi connectivity index (χ0v) is 31.1. The van der Waals surface area contributed by atoms with Crippen LogP contribution in [0.5, 0.6) is 11.5 Å². The number of halogens is 4. The first kappa shape index (κ1) is 39.5. The molecule has 11 nitrogen and oxygen atoms in total. The van der Waals surface area contributed by atoms with E-state index in [2.05, 4.69) is 15.4 Å². The normalized spacial score (nSPS) is 24.2. The lowest BCUT2D eigenvalue weighted by Crippen LogP contribution is -2.48. The molecule has 6 rings (SSSR count). The van der Waals surface area contributed by atoms with Crippen LogP contribution in [0.25, 0.3) is 0 Å². The van der Waals surface area contributed by atoms with Crippen LogP contribution in [0.15, 0.2) is 65.6 Å². The summed E-state index contributed by atoms with van der Waals surface area (Å²) >= 11 is 0. The maximum Gasteiger partial charge on any atom is 0.501 e. The Kier molecular flexibility index (Phi) is 11.3. The highest BCUT2D eigenvalue weighted by Gasteiger charge is 2.52. The number of ether oxygens (including phenoxy) is 2. The van der Waals surface area contributed by atoms with Crippen molar-refractivity contribution in [3.05, 3.63) is 83.2 Å². The van der Waals surface area contributed by atoms with E-state index in [1.165, 1.54) is 19.2 Å². The number of hydrogen-bond donors (Lipinski definition) is 3. The number of benzene rings is 3. The van der Waals surface area contributed by atoms with Crippen LogP contribution in [0.2, 0.25) is 0 Å². The maximum absolute atomic E-state index is 15.3. The van der Waals surface area contributed by atoms with Gasteiger partial charge >= 0.3 is 5.51 Å². The second-order valence-electron chi connectivity index (χ2n) is 14.2. The lowest BCUT2D eigenvalue weighted by Gasteiger charge is -2.31. The average molecular weight is 796 g/mol. The molecule has 17 heteroatoms. The Morgan fingerprint density at radius 3 is 2.22 bits per heavy atom. The highest BCUT2D eigenvalue weighted by atomic mass is 32.2. The van der Waals surface area contributed by atoms with Gasteiger partial charge < -0.3 is 20.1 Å². The summed E-state index contributed by atoms with van der Waals surface area (Å²) in [4.78, 5) is 26.3. The number of sulfone groups is 1. The molecule has 0 radical (unpaired) electrons. The molecule has 3 fully saturated rings. The van der Waals surface area contributed by atoms with Gasteiger partial charge in [0.05, 0.1) is 34.8 Å². The summed E-state index contributed by atoms with van der Waals surface area (Å²) in [5.41, 5.74) is -3.83. The molecule has 0 unspecified atom stereocenters. The lowest BCUT2D eigenvalue weighted by molar-refractivity contribution is -0.122. The number of sulfonamides is 1. The number of carbonyl (C=O) groups excluding carboxylic acids is 2. The van der Waals surface area contributed by atoms with E-state index >= 15 is 4.39 Å². The highest BCUT2D eigenvalue weighted by molar-refractivity contribution is 7.92. The fourth-order valence-corrected chi connectivity index (χ4v) is 10.1. The zero-order chi connectivity index (χ0) is 39.0. The Bertz CT molecular complexity index is 2110. The summed E-state index contributed by atoms with van der Waals surface area (Å²) < 4.78 is 119. The molecular formula is C37H41F4N3O8S2. The van der Waals surface area contributed by atoms with Crippen molar-refractivity contribution in [2.75, 3.05) is 12.4 Å². The molecule has 0 heterocycles. The van der Waals surface area contributed by atoms with Crippen LogP contribution in [0.1, 0.15) is 66.4 Å². The molecule has 0 aliphatic heterocycles. The molecule has 3 aliphatic carbocycles. The van der Waals surface area contributed by atoms with E-state index in [1.807, 2.05) is 31.2 Å². The fourth-order valence-electron chi connectivity index (χ4n) is 7.83. The van der Waals surface area contributed by atoms with Gasteiger partial charge in [-0.1, -0.05) is 35.9 Å². The van der Waals surface area contributed by atoms with Crippen molar-refractivity contribution in [3.8, 4) is 11.5 Å².